The van der Waals surface area contributed by atoms with Crippen molar-refractivity contribution in [1.82, 2.24) is 4.90 Å². The summed E-state index contributed by atoms with van der Waals surface area (Å²) in [6.45, 7) is 0.715. The molecule has 18 heavy (non-hydrogen) atoms. The van der Waals surface area contributed by atoms with Crippen LogP contribution >= 0.6 is 0 Å². The van der Waals surface area contributed by atoms with E-state index in [4.69, 9.17) is 0 Å². The first kappa shape index (κ1) is 11.0. The Balaban J connectivity index is 2.15. The number of carbonyl (C=O) groups excluding carboxylic acids is 2. The molecule has 1 atom stereocenters. The molecule has 0 bridgehead atoms. The van der Waals surface area contributed by atoms with Gasteiger partial charge in [-0.05, 0) is 18.9 Å². The average molecular weight is 244 g/mol. The summed E-state index contributed by atoms with van der Waals surface area (Å²) in [5, 5.41) is 9.62. The molecule has 0 saturated carbocycles. The molecule has 92 valence electrons. The number of aliphatic imine (C=N–C) groups is 1. The highest BCUT2D eigenvalue weighted by atomic mass is 16.3. The van der Waals surface area contributed by atoms with Gasteiger partial charge in [-0.15, -0.1) is 0 Å². The SMILES string of the molecule is O=Cc1cc2c(cc1O)N=CC1CCCN1C2=O. The van der Waals surface area contributed by atoms with Gasteiger partial charge in [0.25, 0.3) is 5.91 Å². The van der Waals surface area contributed by atoms with Gasteiger partial charge in [0.1, 0.15) is 5.75 Å². The summed E-state index contributed by atoms with van der Waals surface area (Å²) in [5.41, 5.74) is 0.933. The summed E-state index contributed by atoms with van der Waals surface area (Å²) in [7, 11) is 0. The molecule has 1 aromatic carbocycles. The maximum atomic E-state index is 12.3. The van der Waals surface area contributed by atoms with Crippen molar-refractivity contribution in [2.75, 3.05) is 6.54 Å². The Kier molecular flexibility index (Phi) is 2.40. The van der Waals surface area contributed by atoms with Crippen molar-refractivity contribution in [2.45, 2.75) is 18.9 Å². The van der Waals surface area contributed by atoms with Gasteiger partial charge in [-0.3, -0.25) is 14.6 Å². The fraction of sp³-hybridized carbons (Fsp3) is 0.308. The highest BCUT2D eigenvalue weighted by Crippen LogP contribution is 2.32. The van der Waals surface area contributed by atoms with Crippen molar-refractivity contribution in [3.63, 3.8) is 0 Å². The summed E-state index contributed by atoms with van der Waals surface area (Å²) in [6.07, 6.45) is 4.17. The lowest BCUT2D eigenvalue weighted by molar-refractivity contribution is 0.0775. The number of hydrogen-bond acceptors (Lipinski definition) is 4. The third-order valence-electron chi connectivity index (χ3n) is 3.45. The van der Waals surface area contributed by atoms with Crippen LogP contribution in [0, 0.1) is 0 Å². The molecule has 0 spiro atoms. The van der Waals surface area contributed by atoms with E-state index in [1.165, 1.54) is 12.1 Å². The molecule has 1 amide bonds. The van der Waals surface area contributed by atoms with E-state index in [0.29, 0.717) is 24.1 Å². The van der Waals surface area contributed by atoms with Gasteiger partial charge >= 0.3 is 0 Å². The standard InChI is InChI=1S/C13H12N2O3/c16-7-8-4-10-11(5-12(8)17)14-6-9-2-1-3-15(9)13(10)18/h4-7,9,17H,1-3H2. The number of fused-ring (bicyclic) bond motifs is 2. The summed E-state index contributed by atoms with van der Waals surface area (Å²) < 4.78 is 0. The highest BCUT2D eigenvalue weighted by molar-refractivity contribution is 6.04. The second kappa shape index (κ2) is 3.94. The molecule has 1 saturated heterocycles. The Morgan fingerprint density at radius 1 is 1.44 bits per heavy atom. The largest absolute Gasteiger partial charge is 0.507 e. The number of carbonyl (C=O) groups is 2. The van der Waals surface area contributed by atoms with Crippen LogP contribution in [0.3, 0.4) is 0 Å². The molecule has 3 rings (SSSR count). The number of phenolic OH excluding ortho intramolecular Hbond substituents is 1. The number of benzene rings is 1. The zero-order chi connectivity index (χ0) is 12.7. The first-order chi connectivity index (χ1) is 8.70. The van der Waals surface area contributed by atoms with E-state index >= 15 is 0 Å². The van der Waals surface area contributed by atoms with Crippen LogP contribution in [0.1, 0.15) is 33.6 Å². The lowest BCUT2D eigenvalue weighted by Gasteiger charge is -2.19. The average Bonchev–Trinajstić information content (AvgIpc) is 2.79. The second-order valence-corrected chi connectivity index (χ2v) is 4.53. The van der Waals surface area contributed by atoms with E-state index in [1.807, 2.05) is 0 Å². The van der Waals surface area contributed by atoms with Crippen LogP contribution in [0.4, 0.5) is 5.69 Å². The molecule has 0 aromatic heterocycles. The third-order valence-corrected chi connectivity index (χ3v) is 3.45. The van der Waals surface area contributed by atoms with Gasteiger partial charge in [-0.25, -0.2) is 0 Å². The summed E-state index contributed by atoms with van der Waals surface area (Å²) in [4.78, 5) is 29.2. The fourth-order valence-electron chi connectivity index (χ4n) is 2.49. The molecule has 1 fully saturated rings. The fourth-order valence-corrected chi connectivity index (χ4v) is 2.49. The van der Waals surface area contributed by atoms with E-state index in [9.17, 15) is 14.7 Å². The zero-order valence-electron chi connectivity index (χ0n) is 9.67. The zero-order valence-corrected chi connectivity index (χ0v) is 9.67. The number of hydrogen-bond donors (Lipinski definition) is 1. The Labute approximate surface area is 104 Å². The summed E-state index contributed by atoms with van der Waals surface area (Å²) in [5.74, 6) is -0.260. The van der Waals surface area contributed by atoms with Crippen molar-refractivity contribution in [1.29, 1.82) is 0 Å². The molecule has 0 radical (unpaired) electrons. The number of rotatable bonds is 1. The molecular weight excluding hydrogens is 232 g/mol. The van der Waals surface area contributed by atoms with Crippen molar-refractivity contribution in [3.8, 4) is 5.75 Å². The topological polar surface area (TPSA) is 70.0 Å². The van der Waals surface area contributed by atoms with E-state index < -0.39 is 0 Å². The van der Waals surface area contributed by atoms with Crippen molar-refractivity contribution in [3.05, 3.63) is 23.3 Å². The van der Waals surface area contributed by atoms with Crippen LogP contribution < -0.4 is 0 Å². The van der Waals surface area contributed by atoms with Crippen LogP contribution in [0.25, 0.3) is 0 Å². The maximum absolute atomic E-state index is 12.3. The first-order valence-corrected chi connectivity index (χ1v) is 5.88. The van der Waals surface area contributed by atoms with Crippen LogP contribution in [0.2, 0.25) is 0 Å². The molecule has 0 aliphatic carbocycles. The predicted octanol–water partition coefficient (Wildman–Crippen LogP) is 1.53. The molecule has 1 aromatic rings. The minimum absolute atomic E-state index is 0.0340. The molecule has 1 N–H and O–H groups in total. The second-order valence-electron chi connectivity index (χ2n) is 4.53. The molecule has 5 heteroatoms. The monoisotopic (exact) mass is 244 g/mol. The van der Waals surface area contributed by atoms with Crippen LogP contribution in [-0.4, -0.2) is 41.0 Å². The number of phenols is 1. The maximum Gasteiger partial charge on any atom is 0.256 e. The molecule has 1 unspecified atom stereocenters. The number of nitrogens with zero attached hydrogens (tertiary/aromatic N) is 2. The van der Waals surface area contributed by atoms with Crippen LogP contribution in [0.5, 0.6) is 5.75 Å². The van der Waals surface area contributed by atoms with Gasteiger partial charge in [-0.2, -0.15) is 0 Å². The van der Waals surface area contributed by atoms with Gasteiger partial charge in [0, 0.05) is 18.8 Å². The third kappa shape index (κ3) is 1.51. The quantitative estimate of drug-likeness (QED) is 0.761. The van der Waals surface area contributed by atoms with Gasteiger partial charge in [0.2, 0.25) is 0 Å². The van der Waals surface area contributed by atoms with Crippen molar-refractivity contribution in [2.24, 2.45) is 4.99 Å². The Hall–Kier alpha value is -2.17. The number of amides is 1. The molecule has 5 nitrogen and oxygen atoms in total. The van der Waals surface area contributed by atoms with Gasteiger partial charge in [-0.1, -0.05) is 0 Å². The molecular formula is C13H12N2O3. The van der Waals surface area contributed by atoms with E-state index in [1.54, 1.807) is 11.1 Å². The Morgan fingerprint density at radius 2 is 2.28 bits per heavy atom. The number of aromatic hydroxyl groups is 1. The van der Waals surface area contributed by atoms with Crippen LogP contribution in [0.15, 0.2) is 17.1 Å². The van der Waals surface area contributed by atoms with Gasteiger partial charge in [0.05, 0.1) is 22.9 Å². The smallest absolute Gasteiger partial charge is 0.256 e. The van der Waals surface area contributed by atoms with Crippen molar-refractivity contribution >= 4 is 24.1 Å². The molecule has 2 aliphatic rings. The summed E-state index contributed by atoms with van der Waals surface area (Å²) >= 11 is 0. The van der Waals surface area contributed by atoms with E-state index in [-0.39, 0.29) is 23.3 Å². The first-order valence-electron chi connectivity index (χ1n) is 5.88. The molecule has 2 aliphatic heterocycles. The van der Waals surface area contributed by atoms with Crippen molar-refractivity contribution < 1.29 is 14.7 Å². The minimum Gasteiger partial charge on any atom is -0.507 e. The Morgan fingerprint density at radius 3 is 3.06 bits per heavy atom. The summed E-state index contributed by atoms with van der Waals surface area (Å²) in [6, 6.07) is 2.82. The van der Waals surface area contributed by atoms with E-state index in [2.05, 4.69) is 4.99 Å². The minimum atomic E-state index is -0.143. The lowest BCUT2D eigenvalue weighted by Crippen LogP contribution is -2.35. The van der Waals surface area contributed by atoms with Crippen LogP contribution in [-0.2, 0) is 0 Å². The van der Waals surface area contributed by atoms with Gasteiger partial charge < -0.3 is 10.0 Å². The predicted molar refractivity (Wildman–Crippen MR) is 65.7 cm³/mol. The van der Waals surface area contributed by atoms with Gasteiger partial charge in [0.15, 0.2) is 6.29 Å². The van der Waals surface area contributed by atoms with E-state index in [0.717, 1.165) is 12.8 Å². The molecule has 2 heterocycles. The Bertz CT molecular complexity index is 566. The lowest BCUT2D eigenvalue weighted by atomic mass is 10.1. The normalized spacial score (nSPS) is 21.4. The number of aldehydes is 1. The highest BCUT2D eigenvalue weighted by Gasteiger charge is 2.32.